The highest BCUT2D eigenvalue weighted by Gasteiger charge is 2.13. The molecule has 0 N–H and O–H groups in total. The van der Waals surface area contributed by atoms with Gasteiger partial charge < -0.3 is 0 Å². The molecule has 0 bridgehead atoms. The highest BCUT2D eigenvalue weighted by molar-refractivity contribution is 6.65. The lowest BCUT2D eigenvalue weighted by Gasteiger charge is -2.22. The molecule has 0 aromatic heterocycles. The van der Waals surface area contributed by atoms with Crippen LogP contribution in [-0.4, -0.2) is 62.8 Å². The topological polar surface area (TPSA) is 0 Å². The highest BCUT2D eigenvalue weighted by Crippen LogP contribution is 2.07. The fourth-order valence-electron chi connectivity index (χ4n) is 2.03. The van der Waals surface area contributed by atoms with E-state index in [-0.39, 0.29) is 32.8 Å². The van der Waals surface area contributed by atoms with Gasteiger partial charge in [0.1, 0.15) is 62.8 Å². The lowest BCUT2D eigenvalue weighted by atomic mass is 9.61. The van der Waals surface area contributed by atoms with Gasteiger partial charge in [-0.3, -0.25) is 0 Å². The predicted octanol–water partition coefficient (Wildman–Crippen LogP) is -6.30. The normalized spacial score (nSPS) is 10.6. The fraction of sp³-hybridized carbons (Fsp3) is 0. The van der Waals surface area contributed by atoms with Gasteiger partial charge in [-0.1, -0.05) is 28.5 Å². The maximum absolute atomic E-state index is 5.97. The highest BCUT2D eigenvalue weighted by atomic mass is 14.1. The Morgan fingerprint density at radius 2 is 0.950 bits per heavy atom. The first-order valence-corrected chi connectivity index (χ1v) is 5.71. The molecule has 2 aromatic carbocycles. The average molecular weight is 233 g/mol. The Morgan fingerprint density at radius 1 is 0.450 bits per heavy atom. The lowest BCUT2D eigenvalue weighted by Crippen LogP contribution is -2.50. The summed E-state index contributed by atoms with van der Waals surface area (Å²) >= 11 is 0. The molecule has 0 nitrogen and oxygen atoms in total. The van der Waals surface area contributed by atoms with Gasteiger partial charge in [0.2, 0.25) is 0 Å². The molecule has 2 rings (SSSR count). The Morgan fingerprint density at radius 3 is 1.55 bits per heavy atom. The number of benzene rings is 2. The van der Waals surface area contributed by atoms with Crippen molar-refractivity contribution in [1.82, 2.24) is 0 Å². The molecule has 0 heterocycles. The van der Waals surface area contributed by atoms with Crippen LogP contribution in [0.2, 0.25) is 0 Å². The minimum Gasteiger partial charge on any atom is -0.111 e. The van der Waals surface area contributed by atoms with Crippen LogP contribution in [0.25, 0.3) is 11.1 Å². The molecule has 20 heavy (non-hydrogen) atoms. The molecule has 2 aromatic rings. The SMILES string of the molecule is [B]c1cc(-c2c([B])cc([B])c([B])c2[B])c([B])c([B])c1[B]. The van der Waals surface area contributed by atoms with Crippen LogP contribution in [0.4, 0.5) is 0 Å². The van der Waals surface area contributed by atoms with E-state index in [0.29, 0.717) is 22.1 Å². The Hall–Kier alpha value is -1.04. The van der Waals surface area contributed by atoms with Crippen molar-refractivity contribution in [3.8, 4) is 11.1 Å². The van der Waals surface area contributed by atoms with E-state index in [9.17, 15) is 0 Å². The quantitative estimate of drug-likeness (QED) is 0.429. The van der Waals surface area contributed by atoms with Crippen LogP contribution in [-0.2, 0) is 0 Å². The summed E-state index contributed by atoms with van der Waals surface area (Å²) in [5.74, 6) is 0. The number of hydrogen-bond donors (Lipinski definition) is 0. The minimum atomic E-state index is 0.175. The Bertz CT molecular complexity index is 708. The van der Waals surface area contributed by atoms with Crippen molar-refractivity contribution < 1.29 is 0 Å². The van der Waals surface area contributed by atoms with Gasteiger partial charge in [0.15, 0.2) is 0 Å². The molecule has 0 spiro atoms. The van der Waals surface area contributed by atoms with Crippen molar-refractivity contribution in [1.29, 1.82) is 0 Å². The molecule has 0 saturated carbocycles. The van der Waals surface area contributed by atoms with Gasteiger partial charge in [-0.15, -0.1) is 27.3 Å². The standard InChI is InChI=1S/C12H2B8/c13-4-2-6(15)9(17)11(19)7(4)3-1-5(14)10(18)12(20)8(3)16/h1-2H. The summed E-state index contributed by atoms with van der Waals surface area (Å²) in [6.07, 6.45) is 0. The second kappa shape index (κ2) is 5.39. The summed E-state index contributed by atoms with van der Waals surface area (Å²) in [4.78, 5) is 0. The first kappa shape index (κ1) is 15.4. The van der Waals surface area contributed by atoms with Crippen molar-refractivity contribution in [2.24, 2.45) is 0 Å². The third-order valence-electron chi connectivity index (χ3n) is 3.22. The first-order valence-electron chi connectivity index (χ1n) is 5.71. The summed E-state index contributed by atoms with van der Waals surface area (Å²) in [5.41, 5.74) is 2.87. The average Bonchev–Trinajstić information content (AvgIpc) is 2.39. The van der Waals surface area contributed by atoms with Gasteiger partial charge in [0.05, 0.1) is 0 Å². The molecule has 74 valence electrons. The van der Waals surface area contributed by atoms with Gasteiger partial charge in [0.25, 0.3) is 0 Å². The van der Waals surface area contributed by atoms with Crippen LogP contribution in [0.15, 0.2) is 12.1 Å². The van der Waals surface area contributed by atoms with Gasteiger partial charge >= 0.3 is 0 Å². The Labute approximate surface area is 130 Å². The van der Waals surface area contributed by atoms with Gasteiger partial charge in [-0.2, -0.15) is 0 Å². The summed E-state index contributed by atoms with van der Waals surface area (Å²) < 4.78 is 0. The molecule has 0 aliphatic carbocycles. The van der Waals surface area contributed by atoms with Crippen LogP contribution in [0.3, 0.4) is 0 Å². The zero-order chi connectivity index (χ0) is 15.2. The molecule has 0 aliphatic rings. The van der Waals surface area contributed by atoms with Crippen molar-refractivity contribution in [2.45, 2.75) is 0 Å². The molecule has 0 atom stereocenters. The number of rotatable bonds is 1. The van der Waals surface area contributed by atoms with Crippen LogP contribution in [0, 0.1) is 0 Å². The van der Waals surface area contributed by atoms with E-state index in [0.717, 1.165) is 0 Å². The van der Waals surface area contributed by atoms with Crippen LogP contribution in [0.1, 0.15) is 0 Å². The molecule has 8 heteroatoms. The molecule has 0 saturated heterocycles. The molecule has 0 amide bonds. The van der Waals surface area contributed by atoms with E-state index in [1.165, 1.54) is 6.07 Å². The van der Waals surface area contributed by atoms with E-state index in [2.05, 4.69) is 0 Å². The van der Waals surface area contributed by atoms with Gasteiger partial charge in [-0.05, 0) is 11.1 Å². The summed E-state index contributed by atoms with van der Waals surface area (Å²) in [7, 11) is 46.7. The third kappa shape index (κ3) is 2.34. The van der Waals surface area contributed by atoms with Crippen molar-refractivity contribution in [3.63, 3.8) is 0 Å². The zero-order valence-electron chi connectivity index (χ0n) is 10.8. The van der Waals surface area contributed by atoms with Crippen molar-refractivity contribution >= 4 is 106 Å². The van der Waals surface area contributed by atoms with E-state index in [1.54, 1.807) is 6.07 Å². The maximum atomic E-state index is 5.97. The van der Waals surface area contributed by atoms with Crippen molar-refractivity contribution in [2.75, 3.05) is 0 Å². The Balaban J connectivity index is 2.86. The Kier molecular flexibility index (Phi) is 4.14. The molecule has 0 aliphatic heterocycles. The summed E-state index contributed by atoms with van der Waals surface area (Å²) in [5, 5.41) is 0. The molecule has 16 radical (unpaired) electrons. The predicted molar refractivity (Wildman–Crippen MR) is 95.0 cm³/mol. The molecule has 0 unspecified atom stereocenters. The van der Waals surface area contributed by atoms with Crippen LogP contribution >= 0.6 is 0 Å². The fourth-order valence-corrected chi connectivity index (χ4v) is 2.03. The van der Waals surface area contributed by atoms with E-state index >= 15 is 0 Å². The van der Waals surface area contributed by atoms with E-state index in [4.69, 9.17) is 62.8 Å². The third-order valence-corrected chi connectivity index (χ3v) is 3.22. The van der Waals surface area contributed by atoms with E-state index in [1.807, 2.05) is 0 Å². The van der Waals surface area contributed by atoms with Gasteiger partial charge in [0, 0.05) is 0 Å². The van der Waals surface area contributed by atoms with Gasteiger partial charge in [-0.25, -0.2) is 0 Å². The molecular formula is C12H2B8. The molecular weight excluding hydrogens is 231 g/mol. The lowest BCUT2D eigenvalue weighted by molar-refractivity contribution is 1.83. The monoisotopic (exact) mass is 234 g/mol. The maximum Gasteiger partial charge on any atom is 0.114 e. The van der Waals surface area contributed by atoms with Crippen LogP contribution in [0.5, 0.6) is 0 Å². The van der Waals surface area contributed by atoms with Crippen LogP contribution < -0.4 is 43.7 Å². The molecule has 0 fully saturated rings. The minimum absolute atomic E-state index is 0.175. The van der Waals surface area contributed by atoms with E-state index < -0.39 is 0 Å². The summed E-state index contributed by atoms with van der Waals surface area (Å²) in [6.45, 7) is 0. The number of hydrogen-bond acceptors (Lipinski definition) is 0. The zero-order valence-corrected chi connectivity index (χ0v) is 10.8. The largest absolute Gasteiger partial charge is 0.114 e. The second-order valence-electron chi connectivity index (χ2n) is 4.51. The summed E-state index contributed by atoms with van der Waals surface area (Å²) in [6, 6.07) is 3.06. The van der Waals surface area contributed by atoms with Crippen molar-refractivity contribution in [3.05, 3.63) is 12.1 Å². The first-order chi connectivity index (χ1) is 9.25. The smallest absolute Gasteiger partial charge is 0.111 e. The second-order valence-corrected chi connectivity index (χ2v) is 4.51.